The van der Waals surface area contributed by atoms with E-state index in [2.05, 4.69) is 29.4 Å². The van der Waals surface area contributed by atoms with E-state index in [1.165, 1.54) is 25.7 Å². The summed E-state index contributed by atoms with van der Waals surface area (Å²) in [7, 11) is 0. The summed E-state index contributed by atoms with van der Waals surface area (Å²) in [5, 5.41) is 10.9. The first kappa shape index (κ1) is 11.9. The Hall–Kier alpha value is -1.13. The van der Waals surface area contributed by atoms with Crippen LogP contribution in [0.15, 0.2) is 0 Å². The number of aryl methyl sites for hydroxylation is 1. The van der Waals surface area contributed by atoms with Gasteiger partial charge in [0.1, 0.15) is 0 Å². The highest BCUT2D eigenvalue weighted by Gasteiger charge is 2.00. The minimum Gasteiger partial charge on any atom is -0.367 e. The third-order valence-corrected chi connectivity index (χ3v) is 2.46. The second-order valence-corrected chi connectivity index (χ2v) is 4.36. The van der Waals surface area contributed by atoms with Gasteiger partial charge in [-0.25, -0.2) is 4.68 Å². The maximum absolute atomic E-state index is 5.55. The van der Waals surface area contributed by atoms with E-state index in [1.807, 2.05) is 0 Å². The van der Waals surface area contributed by atoms with Gasteiger partial charge in [-0.1, -0.05) is 44.6 Å². The summed E-state index contributed by atoms with van der Waals surface area (Å²) in [4.78, 5) is 0. The highest BCUT2D eigenvalue weighted by Crippen LogP contribution is 2.10. The SMILES string of the molecule is CC(C)CCCCCCn1nnnc1N. The largest absolute Gasteiger partial charge is 0.367 e. The second kappa shape index (κ2) is 6.37. The molecule has 0 unspecified atom stereocenters. The van der Waals surface area contributed by atoms with Crippen LogP contribution in [0.1, 0.15) is 46.0 Å². The number of tetrazole rings is 1. The number of hydrogen-bond acceptors (Lipinski definition) is 4. The van der Waals surface area contributed by atoms with E-state index in [-0.39, 0.29) is 0 Å². The molecule has 0 aromatic carbocycles. The normalized spacial score (nSPS) is 11.1. The smallest absolute Gasteiger partial charge is 0.240 e. The van der Waals surface area contributed by atoms with E-state index in [0.717, 1.165) is 18.9 Å². The Morgan fingerprint density at radius 2 is 1.93 bits per heavy atom. The molecule has 1 aromatic heterocycles. The Morgan fingerprint density at radius 1 is 1.20 bits per heavy atom. The first-order valence-corrected chi connectivity index (χ1v) is 5.72. The van der Waals surface area contributed by atoms with Crippen LogP contribution in [0.5, 0.6) is 0 Å². The van der Waals surface area contributed by atoms with Crippen LogP contribution in [-0.4, -0.2) is 20.2 Å². The lowest BCUT2D eigenvalue weighted by Crippen LogP contribution is -2.05. The van der Waals surface area contributed by atoms with Gasteiger partial charge in [-0.15, -0.1) is 0 Å². The Bertz CT molecular complexity index is 269. The molecule has 2 N–H and O–H groups in total. The summed E-state index contributed by atoms with van der Waals surface area (Å²) in [5.41, 5.74) is 5.55. The summed E-state index contributed by atoms with van der Waals surface area (Å²) >= 11 is 0. The van der Waals surface area contributed by atoms with Gasteiger partial charge >= 0.3 is 0 Å². The molecule has 0 aliphatic heterocycles. The number of nitrogens with zero attached hydrogens (tertiary/aromatic N) is 4. The molecular formula is C10H21N5. The minimum atomic E-state index is 0.414. The number of aromatic nitrogens is 4. The van der Waals surface area contributed by atoms with Gasteiger partial charge in [-0.05, 0) is 22.8 Å². The number of nitrogens with two attached hydrogens (primary N) is 1. The maximum Gasteiger partial charge on any atom is 0.240 e. The van der Waals surface area contributed by atoms with Crippen molar-refractivity contribution in [2.45, 2.75) is 52.5 Å². The van der Waals surface area contributed by atoms with Crippen LogP contribution in [0.3, 0.4) is 0 Å². The average molecular weight is 211 g/mol. The fraction of sp³-hybridized carbons (Fsp3) is 0.900. The van der Waals surface area contributed by atoms with E-state index < -0.39 is 0 Å². The summed E-state index contributed by atoms with van der Waals surface area (Å²) in [6.07, 6.45) is 6.27. The molecule has 0 aliphatic carbocycles. The average Bonchev–Trinajstić information content (AvgIpc) is 2.57. The number of rotatable bonds is 7. The second-order valence-electron chi connectivity index (χ2n) is 4.36. The van der Waals surface area contributed by atoms with Crippen molar-refractivity contribution in [2.24, 2.45) is 5.92 Å². The third kappa shape index (κ3) is 4.76. The molecule has 0 saturated heterocycles. The van der Waals surface area contributed by atoms with Gasteiger partial charge in [0.2, 0.25) is 5.95 Å². The predicted octanol–water partition coefficient (Wildman–Crippen LogP) is 1.86. The molecule has 15 heavy (non-hydrogen) atoms. The van der Waals surface area contributed by atoms with Crippen molar-refractivity contribution >= 4 is 5.95 Å². The topological polar surface area (TPSA) is 69.6 Å². The fourth-order valence-corrected chi connectivity index (χ4v) is 1.54. The molecule has 0 fully saturated rings. The quantitative estimate of drug-likeness (QED) is 0.699. The Morgan fingerprint density at radius 3 is 2.53 bits per heavy atom. The van der Waals surface area contributed by atoms with Crippen LogP contribution in [0.25, 0.3) is 0 Å². The van der Waals surface area contributed by atoms with Crippen LogP contribution in [0.2, 0.25) is 0 Å². The minimum absolute atomic E-state index is 0.414. The van der Waals surface area contributed by atoms with Crippen molar-refractivity contribution in [1.82, 2.24) is 20.2 Å². The van der Waals surface area contributed by atoms with E-state index in [1.54, 1.807) is 4.68 Å². The van der Waals surface area contributed by atoms with Gasteiger partial charge in [-0.2, -0.15) is 0 Å². The Balaban J connectivity index is 2.00. The molecule has 0 radical (unpaired) electrons. The van der Waals surface area contributed by atoms with E-state index in [9.17, 15) is 0 Å². The van der Waals surface area contributed by atoms with E-state index in [0.29, 0.717) is 5.95 Å². The van der Waals surface area contributed by atoms with Crippen molar-refractivity contribution in [2.75, 3.05) is 5.73 Å². The standard InChI is InChI=1S/C10H21N5/c1-9(2)7-5-3-4-6-8-15-10(11)12-13-14-15/h9H,3-8H2,1-2H3,(H2,11,12,14). The Kier molecular flexibility index (Phi) is 5.07. The van der Waals surface area contributed by atoms with Gasteiger partial charge in [0.25, 0.3) is 0 Å². The van der Waals surface area contributed by atoms with E-state index >= 15 is 0 Å². The van der Waals surface area contributed by atoms with E-state index in [4.69, 9.17) is 5.73 Å². The van der Waals surface area contributed by atoms with Crippen LogP contribution in [-0.2, 0) is 6.54 Å². The number of hydrogen-bond donors (Lipinski definition) is 1. The predicted molar refractivity (Wildman–Crippen MR) is 60.2 cm³/mol. The molecule has 86 valence electrons. The molecule has 0 atom stereocenters. The number of unbranched alkanes of at least 4 members (excludes halogenated alkanes) is 3. The van der Waals surface area contributed by atoms with Crippen molar-refractivity contribution in [3.63, 3.8) is 0 Å². The molecule has 1 aromatic rings. The van der Waals surface area contributed by atoms with Gasteiger partial charge in [0.15, 0.2) is 0 Å². The van der Waals surface area contributed by atoms with Crippen molar-refractivity contribution in [3.8, 4) is 0 Å². The lowest BCUT2D eigenvalue weighted by atomic mass is 10.0. The molecule has 0 spiro atoms. The van der Waals surface area contributed by atoms with Gasteiger partial charge in [0.05, 0.1) is 0 Å². The molecule has 0 amide bonds. The highest BCUT2D eigenvalue weighted by atomic mass is 15.6. The van der Waals surface area contributed by atoms with Crippen molar-refractivity contribution in [3.05, 3.63) is 0 Å². The first-order chi connectivity index (χ1) is 7.20. The zero-order valence-electron chi connectivity index (χ0n) is 9.69. The lowest BCUT2D eigenvalue weighted by molar-refractivity contribution is 0.491. The van der Waals surface area contributed by atoms with Crippen molar-refractivity contribution in [1.29, 1.82) is 0 Å². The third-order valence-electron chi connectivity index (χ3n) is 2.46. The molecule has 0 bridgehead atoms. The molecule has 0 aliphatic rings. The zero-order chi connectivity index (χ0) is 11.1. The Labute approximate surface area is 91.0 Å². The van der Waals surface area contributed by atoms with Gasteiger partial charge < -0.3 is 5.73 Å². The molecule has 5 heteroatoms. The number of nitrogen functional groups attached to an aromatic ring is 1. The summed E-state index contributed by atoms with van der Waals surface area (Å²) in [6, 6.07) is 0. The summed E-state index contributed by atoms with van der Waals surface area (Å²) < 4.78 is 1.66. The molecular weight excluding hydrogens is 190 g/mol. The zero-order valence-corrected chi connectivity index (χ0v) is 9.69. The summed E-state index contributed by atoms with van der Waals surface area (Å²) in [5.74, 6) is 1.23. The maximum atomic E-state index is 5.55. The van der Waals surface area contributed by atoms with Crippen LogP contribution in [0.4, 0.5) is 5.95 Å². The van der Waals surface area contributed by atoms with Crippen molar-refractivity contribution < 1.29 is 0 Å². The molecule has 5 nitrogen and oxygen atoms in total. The number of anilines is 1. The molecule has 0 saturated carbocycles. The summed E-state index contributed by atoms with van der Waals surface area (Å²) in [6.45, 7) is 5.37. The monoisotopic (exact) mass is 211 g/mol. The van der Waals surface area contributed by atoms with Gasteiger partial charge in [0, 0.05) is 6.54 Å². The van der Waals surface area contributed by atoms with Crippen LogP contribution < -0.4 is 5.73 Å². The molecule has 1 rings (SSSR count). The van der Waals surface area contributed by atoms with Crippen LogP contribution >= 0.6 is 0 Å². The van der Waals surface area contributed by atoms with Crippen LogP contribution in [0, 0.1) is 5.92 Å². The first-order valence-electron chi connectivity index (χ1n) is 5.72. The van der Waals surface area contributed by atoms with Gasteiger partial charge in [-0.3, -0.25) is 0 Å². The fourth-order valence-electron chi connectivity index (χ4n) is 1.54. The molecule has 1 heterocycles. The highest BCUT2D eigenvalue weighted by molar-refractivity contribution is 5.09. The lowest BCUT2D eigenvalue weighted by Gasteiger charge is -2.04.